The van der Waals surface area contributed by atoms with E-state index in [-0.39, 0.29) is 0 Å². The van der Waals surface area contributed by atoms with Crippen molar-refractivity contribution in [1.82, 2.24) is 10.2 Å². The average molecular weight is 446 g/mol. The Hall–Kier alpha value is -3.51. The second-order valence-corrected chi connectivity index (χ2v) is 8.29. The molecule has 1 heterocycles. The number of benzene rings is 3. The largest absolute Gasteiger partial charge is 0.401 e. The third-order valence-corrected chi connectivity index (χ3v) is 5.89. The predicted molar refractivity (Wildman–Crippen MR) is 139 cm³/mol. The van der Waals surface area contributed by atoms with Gasteiger partial charge in [-0.25, -0.2) is 0 Å². The van der Waals surface area contributed by atoms with Crippen LogP contribution in [0, 0.1) is 0 Å². The van der Waals surface area contributed by atoms with Crippen molar-refractivity contribution in [1.29, 1.82) is 0 Å². The number of fused-ring (bicyclic) bond motifs is 1. The SMILES string of the molecule is C/C(N)=C/Nc1ccc(N2CCN(C=O)CC2)cc1.CNC(C)c1cccc2ccccc12. The molecule has 0 aromatic heterocycles. The van der Waals surface area contributed by atoms with Crippen LogP contribution in [0.15, 0.2) is 78.6 Å². The minimum atomic E-state index is 0.404. The van der Waals surface area contributed by atoms with Crippen LogP contribution in [0.25, 0.3) is 10.8 Å². The zero-order valence-corrected chi connectivity index (χ0v) is 19.8. The van der Waals surface area contributed by atoms with Crippen LogP contribution in [0.5, 0.6) is 0 Å². The topological polar surface area (TPSA) is 73.6 Å². The number of hydrogen-bond acceptors (Lipinski definition) is 5. The van der Waals surface area contributed by atoms with E-state index in [1.54, 1.807) is 11.1 Å². The zero-order chi connectivity index (χ0) is 23.6. The van der Waals surface area contributed by atoms with Crippen molar-refractivity contribution < 1.29 is 4.79 Å². The zero-order valence-electron chi connectivity index (χ0n) is 19.8. The van der Waals surface area contributed by atoms with Crippen LogP contribution in [0.1, 0.15) is 25.5 Å². The Bertz CT molecular complexity index is 1050. The molecule has 0 saturated carbocycles. The highest BCUT2D eigenvalue weighted by atomic mass is 16.1. The van der Waals surface area contributed by atoms with Crippen molar-refractivity contribution >= 4 is 28.6 Å². The molecule has 0 radical (unpaired) electrons. The van der Waals surface area contributed by atoms with Gasteiger partial charge in [-0.05, 0) is 61.5 Å². The number of carbonyl (C=O) groups excluding carboxylic acids is 1. The Kier molecular flexibility index (Phi) is 8.72. The maximum Gasteiger partial charge on any atom is 0.209 e. The molecular weight excluding hydrogens is 410 g/mol. The molecule has 3 aromatic carbocycles. The molecule has 174 valence electrons. The summed E-state index contributed by atoms with van der Waals surface area (Å²) >= 11 is 0. The molecule has 1 atom stereocenters. The minimum Gasteiger partial charge on any atom is -0.401 e. The van der Waals surface area contributed by atoms with Gasteiger partial charge in [0.1, 0.15) is 0 Å². The molecule has 6 heteroatoms. The maximum atomic E-state index is 10.7. The molecule has 6 nitrogen and oxygen atoms in total. The van der Waals surface area contributed by atoms with Crippen LogP contribution >= 0.6 is 0 Å². The van der Waals surface area contributed by atoms with Crippen LogP contribution in [-0.4, -0.2) is 44.5 Å². The predicted octanol–water partition coefficient (Wildman–Crippen LogP) is 4.32. The monoisotopic (exact) mass is 445 g/mol. The number of nitrogens with two attached hydrogens (primary N) is 1. The number of nitrogens with one attached hydrogen (secondary N) is 2. The number of hydrogen-bond donors (Lipinski definition) is 3. The number of rotatable bonds is 6. The van der Waals surface area contributed by atoms with Gasteiger partial charge in [0.2, 0.25) is 6.41 Å². The lowest BCUT2D eigenvalue weighted by Gasteiger charge is -2.34. The fourth-order valence-electron chi connectivity index (χ4n) is 3.83. The molecule has 1 aliphatic rings. The summed E-state index contributed by atoms with van der Waals surface area (Å²) in [7, 11) is 1.99. The fourth-order valence-corrected chi connectivity index (χ4v) is 3.83. The first-order valence-electron chi connectivity index (χ1n) is 11.4. The van der Waals surface area contributed by atoms with Gasteiger partial charge in [-0.15, -0.1) is 0 Å². The smallest absolute Gasteiger partial charge is 0.209 e. The van der Waals surface area contributed by atoms with E-state index in [9.17, 15) is 4.79 Å². The minimum absolute atomic E-state index is 0.404. The number of nitrogens with zero attached hydrogens (tertiary/aromatic N) is 2. The summed E-state index contributed by atoms with van der Waals surface area (Å²) < 4.78 is 0. The summed E-state index contributed by atoms with van der Waals surface area (Å²) in [6, 6.07) is 23.6. The second-order valence-electron chi connectivity index (χ2n) is 8.29. The summed E-state index contributed by atoms with van der Waals surface area (Å²) in [5.74, 6) is 0. The van der Waals surface area contributed by atoms with E-state index in [0.29, 0.717) is 6.04 Å². The van der Waals surface area contributed by atoms with Crippen molar-refractivity contribution in [2.75, 3.05) is 43.4 Å². The summed E-state index contributed by atoms with van der Waals surface area (Å²) in [6.07, 6.45) is 2.70. The molecule has 1 amide bonds. The van der Waals surface area contributed by atoms with Crippen molar-refractivity contribution in [2.24, 2.45) is 5.73 Å². The normalized spacial score (nSPS) is 14.9. The summed E-state index contributed by atoms with van der Waals surface area (Å²) in [4.78, 5) is 14.8. The van der Waals surface area contributed by atoms with E-state index >= 15 is 0 Å². The Morgan fingerprint density at radius 3 is 2.27 bits per heavy atom. The Morgan fingerprint density at radius 2 is 1.64 bits per heavy atom. The van der Waals surface area contributed by atoms with E-state index in [1.807, 2.05) is 26.1 Å². The van der Waals surface area contributed by atoms with E-state index in [2.05, 4.69) is 77.1 Å². The van der Waals surface area contributed by atoms with Crippen LogP contribution in [-0.2, 0) is 4.79 Å². The maximum absolute atomic E-state index is 10.7. The third-order valence-electron chi connectivity index (χ3n) is 5.89. The van der Waals surface area contributed by atoms with Gasteiger partial charge in [0.05, 0.1) is 0 Å². The Labute approximate surface area is 197 Å². The van der Waals surface area contributed by atoms with E-state index < -0.39 is 0 Å². The average Bonchev–Trinajstić information content (AvgIpc) is 2.87. The molecule has 1 saturated heterocycles. The first-order chi connectivity index (χ1) is 16.0. The van der Waals surface area contributed by atoms with Gasteiger partial charge in [0.15, 0.2) is 0 Å². The number of anilines is 2. The van der Waals surface area contributed by atoms with E-state index in [0.717, 1.165) is 44.0 Å². The number of piperazine rings is 1. The molecule has 4 rings (SSSR count). The van der Waals surface area contributed by atoms with Gasteiger partial charge < -0.3 is 26.2 Å². The van der Waals surface area contributed by atoms with Crippen LogP contribution in [0.4, 0.5) is 11.4 Å². The van der Waals surface area contributed by atoms with Gasteiger partial charge in [-0.1, -0.05) is 42.5 Å². The first-order valence-corrected chi connectivity index (χ1v) is 11.4. The Morgan fingerprint density at radius 1 is 0.970 bits per heavy atom. The van der Waals surface area contributed by atoms with E-state index in [1.165, 1.54) is 22.0 Å². The van der Waals surface area contributed by atoms with Gasteiger partial charge in [-0.3, -0.25) is 4.79 Å². The highest BCUT2D eigenvalue weighted by Crippen LogP contribution is 2.23. The quantitative estimate of drug-likeness (QED) is 0.493. The molecule has 0 aliphatic carbocycles. The van der Waals surface area contributed by atoms with E-state index in [4.69, 9.17) is 5.73 Å². The summed E-state index contributed by atoms with van der Waals surface area (Å²) in [6.45, 7) is 7.37. The second kappa shape index (κ2) is 11.9. The molecule has 1 fully saturated rings. The third kappa shape index (κ3) is 6.73. The molecule has 0 spiro atoms. The standard InChI is InChI=1S/C14H20N4O.C13H15N/c1-12(15)10-16-13-2-4-14(5-3-13)18-8-6-17(11-19)7-9-18;1-10(14-2)12-9-5-7-11-6-3-4-8-13(11)12/h2-5,10-11,16H,6-9,15H2,1H3;3-10,14H,1-2H3/b12-10-;. The molecule has 1 aliphatic heterocycles. The number of allylic oxidation sites excluding steroid dienone is 1. The van der Waals surface area contributed by atoms with Gasteiger partial charge >= 0.3 is 0 Å². The van der Waals surface area contributed by atoms with Crippen LogP contribution in [0.3, 0.4) is 0 Å². The fraction of sp³-hybridized carbons (Fsp3) is 0.296. The molecule has 33 heavy (non-hydrogen) atoms. The van der Waals surface area contributed by atoms with Crippen LogP contribution < -0.4 is 21.3 Å². The molecule has 3 aromatic rings. The number of carbonyl (C=O) groups is 1. The molecular formula is C27H35N5O. The van der Waals surface area contributed by atoms with Gasteiger partial charge in [0.25, 0.3) is 0 Å². The lowest BCUT2D eigenvalue weighted by molar-refractivity contribution is -0.118. The summed E-state index contributed by atoms with van der Waals surface area (Å²) in [5.41, 5.74) is 9.88. The molecule has 1 unspecified atom stereocenters. The summed E-state index contributed by atoms with van der Waals surface area (Å²) in [5, 5.41) is 9.06. The Balaban J connectivity index is 0.000000194. The highest BCUT2D eigenvalue weighted by Gasteiger charge is 2.15. The molecule has 0 bridgehead atoms. The highest BCUT2D eigenvalue weighted by molar-refractivity contribution is 5.86. The van der Waals surface area contributed by atoms with Gasteiger partial charge in [-0.2, -0.15) is 0 Å². The lowest BCUT2D eigenvalue weighted by atomic mass is 10.00. The first kappa shape index (κ1) is 24.1. The molecule has 4 N–H and O–H groups in total. The van der Waals surface area contributed by atoms with Crippen molar-refractivity contribution in [3.8, 4) is 0 Å². The van der Waals surface area contributed by atoms with Crippen molar-refractivity contribution in [3.63, 3.8) is 0 Å². The number of amides is 1. The van der Waals surface area contributed by atoms with Crippen molar-refractivity contribution in [3.05, 3.63) is 84.2 Å². The van der Waals surface area contributed by atoms with Crippen LogP contribution in [0.2, 0.25) is 0 Å². The van der Waals surface area contributed by atoms with Gasteiger partial charge in [0, 0.05) is 55.5 Å². The lowest BCUT2D eigenvalue weighted by Crippen LogP contribution is -2.45. The van der Waals surface area contributed by atoms with Crippen molar-refractivity contribution in [2.45, 2.75) is 19.9 Å².